The summed E-state index contributed by atoms with van der Waals surface area (Å²) in [5.74, 6) is -0.737. The zero-order valence-corrected chi connectivity index (χ0v) is 14.7. The lowest BCUT2D eigenvalue weighted by Crippen LogP contribution is -2.45. The first-order chi connectivity index (χ1) is 12.7. The van der Waals surface area contributed by atoms with Crippen LogP contribution in [0.25, 0.3) is 6.08 Å². The normalized spacial score (nSPS) is 21.2. The van der Waals surface area contributed by atoms with E-state index in [0.717, 1.165) is 35.1 Å². The first-order valence-corrected chi connectivity index (χ1v) is 8.97. The number of hydrogen-bond acceptors (Lipinski definition) is 3. The average Bonchev–Trinajstić information content (AvgIpc) is 2.63. The highest BCUT2D eigenvalue weighted by Crippen LogP contribution is 2.50. The monoisotopic (exact) mass is 344 g/mol. The van der Waals surface area contributed by atoms with Gasteiger partial charge < -0.3 is 4.74 Å². The Morgan fingerprint density at radius 2 is 1.77 bits per heavy atom. The van der Waals surface area contributed by atoms with Crippen LogP contribution in [-0.4, -0.2) is 18.4 Å². The number of fused-ring (bicyclic) bond motifs is 1. The minimum Gasteiger partial charge on any atom is -0.462 e. The molecule has 0 aliphatic heterocycles. The molecule has 26 heavy (non-hydrogen) atoms. The molecule has 0 fully saturated rings. The molecule has 0 bridgehead atoms. The maximum Gasteiger partial charge on any atom is 0.341 e. The maximum atomic E-state index is 13.8. The Balaban J connectivity index is 2.03. The standard InChI is InChI=1S/C23H20O3/c1-2-26-22(25)19-15-16-9-6-7-14-20(16)23(21(19)24,18-12-8-13-18)17-10-4-3-5-11-17/h3-7,9-12,14-15H,2,8,13H2,1H3. The molecule has 2 aliphatic carbocycles. The molecule has 0 amide bonds. The van der Waals surface area contributed by atoms with Crippen LogP contribution in [0.4, 0.5) is 0 Å². The molecule has 0 radical (unpaired) electrons. The summed E-state index contributed by atoms with van der Waals surface area (Å²) in [6.45, 7) is 1.99. The van der Waals surface area contributed by atoms with Crippen molar-refractivity contribution in [1.29, 1.82) is 0 Å². The summed E-state index contributed by atoms with van der Waals surface area (Å²) in [6.07, 6.45) is 5.61. The summed E-state index contributed by atoms with van der Waals surface area (Å²) in [5, 5.41) is 0. The predicted molar refractivity (Wildman–Crippen MR) is 101 cm³/mol. The van der Waals surface area contributed by atoms with Crippen molar-refractivity contribution < 1.29 is 14.3 Å². The molecule has 0 saturated carbocycles. The minimum absolute atomic E-state index is 0.127. The summed E-state index contributed by atoms with van der Waals surface area (Å²) < 4.78 is 5.18. The van der Waals surface area contributed by atoms with E-state index in [2.05, 4.69) is 6.08 Å². The molecule has 2 aromatic carbocycles. The summed E-state index contributed by atoms with van der Waals surface area (Å²) in [5.41, 5.74) is 2.99. The van der Waals surface area contributed by atoms with Crippen LogP contribution in [0.5, 0.6) is 0 Å². The Morgan fingerprint density at radius 3 is 2.42 bits per heavy atom. The second kappa shape index (κ2) is 6.41. The number of Topliss-reactive ketones (excluding diaryl/α,β-unsaturated/α-hetero) is 1. The fourth-order valence-corrected chi connectivity index (χ4v) is 3.98. The van der Waals surface area contributed by atoms with E-state index in [1.54, 1.807) is 13.0 Å². The van der Waals surface area contributed by atoms with Crippen molar-refractivity contribution in [2.24, 2.45) is 0 Å². The molecule has 0 heterocycles. The van der Waals surface area contributed by atoms with Crippen LogP contribution in [0.1, 0.15) is 36.5 Å². The van der Waals surface area contributed by atoms with Gasteiger partial charge in [0.15, 0.2) is 5.78 Å². The van der Waals surface area contributed by atoms with Crippen molar-refractivity contribution in [1.82, 2.24) is 0 Å². The molecule has 1 atom stereocenters. The second-order valence-corrected chi connectivity index (χ2v) is 6.58. The van der Waals surface area contributed by atoms with E-state index in [0.29, 0.717) is 0 Å². The van der Waals surface area contributed by atoms with Gasteiger partial charge in [0.1, 0.15) is 11.0 Å². The van der Waals surface area contributed by atoms with Crippen molar-refractivity contribution >= 4 is 17.8 Å². The maximum absolute atomic E-state index is 13.8. The summed E-state index contributed by atoms with van der Waals surface area (Å²) in [4.78, 5) is 26.3. The quantitative estimate of drug-likeness (QED) is 0.474. The predicted octanol–water partition coefficient (Wildman–Crippen LogP) is 4.22. The molecule has 0 aromatic heterocycles. The topological polar surface area (TPSA) is 43.4 Å². The number of esters is 1. The molecular formula is C23H20O3. The number of carbonyl (C=O) groups is 2. The molecule has 0 saturated heterocycles. The van der Waals surface area contributed by atoms with Crippen molar-refractivity contribution in [2.45, 2.75) is 25.2 Å². The van der Waals surface area contributed by atoms with Crippen LogP contribution < -0.4 is 0 Å². The van der Waals surface area contributed by atoms with E-state index in [1.807, 2.05) is 54.6 Å². The lowest BCUT2D eigenvalue weighted by Gasteiger charge is -2.42. The van der Waals surface area contributed by atoms with Crippen molar-refractivity contribution in [3.05, 3.63) is 88.5 Å². The third-order valence-electron chi connectivity index (χ3n) is 5.24. The van der Waals surface area contributed by atoms with Crippen LogP contribution in [0, 0.1) is 0 Å². The highest BCUT2D eigenvalue weighted by molar-refractivity contribution is 6.28. The Labute approximate surface area is 153 Å². The first kappa shape index (κ1) is 16.5. The van der Waals surface area contributed by atoms with Crippen LogP contribution in [0.2, 0.25) is 0 Å². The molecule has 3 heteroatoms. The first-order valence-electron chi connectivity index (χ1n) is 8.97. The van der Waals surface area contributed by atoms with Gasteiger partial charge in [0.05, 0.1) is 6.61 Å². The fraction of sp³-hybridized carbons (Fsp3) is 0.217. The van der Waals surface area contributed by atoms with Crippen molar-refractivity contribution in [2.75, 3.05) is 6.61 Å². The van der Waals surface area contributed by atoms with Gasteiger partial charge in [-0.3, -0.25) is 4.79 Å². The Bertz CT molecular complexity index is 937. The van der Waals surface area contributed by atoms with E-state index >= 15 is 0 Å². The van der Waals surface area contributed by atoms with E-state index < -0.39 is 11.4 Å². The highest BCUT2D eigenvalue weighted by atomic mass is 16.5. The lowest BCUT2D eigenvalue weighted by molar-refractivity contribution is -0.140. The average molecular weight is 344 g/mol. The van der Waals surface area contributed by atoms with E-state index in [1.165, 1.54) is 0 Å². The molecule has 130 valence electrons. The second-order valence-electron chi connectivity index (χ2n) is 6.58. The van der Waals surface area contributed by atoms with Gasteiger partial charge in [-0.2, -0.15) is 0 Å². The zero-order valence-electron chi connectivity index (χ0n) is 14.7. The number of ether oxygens (including phenoxy) is 1. The number of carbonyl (C=O) groups excluding carboxylic acids is 2. The molecular weight excluding hydrogens is 324 g/mol. The Morgan fingerprint density at radius 1 is 1.08 bits per heavy atom. The van der Waals surface area contributed by atoms with Crippen LogP contribution in [-0.2, 0) is 19.7 Å². The van der Waals surface area contributed by atoms with Gasteiger partial charge in [0, 0.05) is 0 Å². The van der Waals surface area contributed by atoms with Crippen molar-refractivity contribution in [3.8, 4) is 0 Å². The van der Waals surface area contributed by atoms with Gasteiger partial charge in [0.2, 0.25) is 0 Å². The van der Waals surface area contributed by atoms with Crippen LogP contribution in [0.3, 0.4) is 0 Å². The van der Waals surface area contributed by atoms with E-state index in [4.69, 9.17) is 4.74 Å². The number of rotatable bonds is 4. The number of ketones is 1. The van der Waals surface area contributed by atoms with Gasteiger partial charge in [-0.05, 0) is 42.5 Å². The van der Waals surface area contributed by atoms with Gasteiger partial charge in [-0.15, -0.1) is 0 Å². The molecule has 0 N–H and O–H groups in total. The molecule has 2 aromatic rings. The largest absolute Gasteiger partial charge is 0.462 e. The summed E-state index contributed by atoms with van der Waals surface area (Å²) in [7, 11) is 0. The third-order valence-corrected chi connectivity index (χ3v) is 5.24. The third kappa shape index (κ3) is 2.27. The van der Waals surface area contributed by atoms with Gasteiger partial charge in [-0.1, -0.05) is 66.2 Å². The number of hydrogen-bond donors (Lipinski definition) is 0. The summed E-state index contributed by atoms with van der Waals surface area (Å²) in [6, 6.07) is 17.6. The molecule has 3 nitrogen and oxygen atoms in total. The van der Waals surface area contributed by atoms with Gasteiger partial charge >= 0.3 is 5.97 Å². The van der Waals surface area contributed by atoms with Gasteiger partial charge in [-0.25, -0.2) is 4.79 Å². The van der Waals surface area contributed by atoms with Crippen LogP contribution >= 0.6 is 0 Å². The Hall–Kier alpha value is -2.94. The molecule has 4 rings (SSSR count). The SMILES string of the molecule is CCOC(=O)C1=Cc2ccccc2C(C2=CCC2)(c2ccccc2)C1=O. The van der Waals surface area contributed by atoms with Crippen molar-refractivity contribution in [3.63, 3.8) is 0 Å². The van der Waals surface area contributed by atoms with E-state index in [9.17, 15) is 9.59 Å². The number of allylic oxidation sites excluding steroid dienone is 2. The molecule has 2 aliphatic rings. The smallest absolute Gasteiger partial charge is 0.341 e. The lowest BCUT2D eigenvalue weighted by atomic mass is 9.58. The van der Waals surface area contributed by atoms with E-state index in [-0.39, 0.29) is 18.0 Å². The van der Waals surface area contributed by atoms with Gasteiger partial charge in [0.25, 0.3) is 0 Å². The zero-order chi connectivity index (χ0) is 18.1. The molecule has 1 unspecified atom stereocenters. The summed E-state index contributed by atoms with van der Waals surface area (Å²) >= 11 is 0. The number of benzene rings is 2. The minimum atomic E-state index is -0.938. The van der Waals surface area contributed by atoms with Crippen LogP contribution in [0.15, 0.2) is 71.8 Å². The molecule has 0 spiro atoms. The Kier molecular flexibility index (Phi) is 4.08. The highest BCUT2D eigenvalue weighted by Gasteiger charge is 2.51. The fourth-order valence-electron chi connectivity index (χ4n) is 3.98.